The fourth-order valence-electron chi connectivity index (χ4n) is 2.83. The summed E-state index contributed by atoms with van der Waals surface area (Å²) in [6.07, 6.45) is 0.0363. The van der Waals surface area contributed by atoms with Gasteiger partial charge in [-0.25, -0.2) is 0 Å². The van der Waals surface area contributed by atoms with Gasteiger partial charge in [-0.3, -0.25) is 9.69 Å². The SMILES string of the molecule is O=C(NCC1CN(Cc2ccccc2)CCO1)c1cccc(I)c1. The number of morpholine rings is 1. The van der Waals surface area contributed by atoms with Crippen LogP contribution in [0.25, 0.3) is 0 Å². The number of carbonyl (C=O) groups excluding carboxylic acids is 1. The minimum absolute atomic E-state index is 0.0363. The second-order valence-electron chi connectivity index (χ2n) is 5.93. The standard InChI is InChI=1S/C19H21IN2O2/c20-17-8-4-7-16(11-17)19(23)21-12-18-14-22(9-10-24-18)13-15-5-2-1-3-6-15/h1-8,11,18H,9-10,12-14H2,(H,21,23). The summed E-state index contributed by atoms with van der Waals surface area (Å²) in [6.45, 7) is 3.93. The van der Waals surface area contributed by atoms with Crippen molar-refractivity contribution in [3.8, 4) is 0 Å². The Labute approximate surface area is 156 Å². The summed E-state index contributed by atoms with van der Waals surface area (Å²) in [5.41, 5.74) is 2.00. The van der Waals surface area contributed by atoms with E-state index in [0.29, 0.717) is 18.7 Å². The van der Waals surface area contributed by atoms with Crippen LogP contribution in [0.2, 0.25) is 0 Å². The first-order valence-corrected chi connectivity index (χ1v) is 9.20. The van der Waals surface area contributed by atoms with E-state index in [1.54, 1.807) is 0 Å². The Hall–Kier alpha value is -1.44. The summed E-state index contributed by atoms with van der Waals surface area (Å²) in [5, 5.41) is 2.99. The maximum absolute atomic E-state index is 12.2. The number of hydrogen-bond acceptors (Lipinski definition) is 3. The number of carbonyl (C=O) groups is 1. The van der Waals surface area contributed by atoms with Crippen LogP contribution in [0.1, 0.15) is 15.9 Å². The van der Waals surface area contributed by atoms with Gasteiger partial charge in [0.15, 0.2) is 0 Å². The number of hydrogen-bond donors (Lipinski definition) is 1. The summed E-state index contributed by atoms with van der Waals surface area (Å²) in [7, 11) is 0. The Morgan fingerprint density at radius 2 is 2.04 bits per heavy atom. The Morgan fingerprint density at radius 3 is 2.83 bits per heavy atom. The number of rotatable bonds is 5. The topological polar surface area (TPSA) is 41.6 Å². The van der Waals surface area contributed by atoms with E-state index in [0.717, 1.165) is 23.2 Å². The van der Waals surface area contributed by atoms with Crippen LogP contribution in [0.5, 0.6) is 0 Å². The molecule has 1 aliphatic heterocycles. The highest BCUT2D eigenvalue weighted by atomic mass is 127. The van der Waals surface area contributed by atoms with Crippen molar-refractivity contribution in [2.75, 3.05) is 26.2 Å². The van der Waals surface area contributed by atoms with Crippen LogP contribution in [-0.2, 0) is 11.3 Å². The predicted molar refractivity (Wildman–Crippen MR) is 103 cm³/mol. The fourth-order valence-corrected chi connectivity index (χ4v) is 3.37. The van der Waals surface area contributed by atoms with Gasteiger partial charge in [0.1, 0.15) is 0 Å². The van der Waals surface area contributed by atoms with E-state index in [-0.39, 0.29) is 12.0 Å². The number of nitrogens with one attached hydrogen (secondary N) is 1. The van der Waals surface area contributed by atoms with E-state index >= 15 is 0 Å². The molecule has 1 unspecified atom stereocenters. The predicted octanol–water partition coefficient (Wildman–Crippen LogP) is 2.92. The summed E-state index contributed by atoms with van der Waals surface area (Å²) < 4.78 is 6.86. The molecule has 0 bridgehead atoms. The van der Waals surface area contributed by atoms with Gasteiger partial charge in [0.05, 0.1) is 12.7 Å². The Balaban J connectivity index is 1.49. The van der Waals surface area contributed by atoms with Crippen molar-refractivity contribution in [1.29, 1.82) is 0 Å². The van der Waals surface area contributed by atoms with E-state index in [1.807, 2.05) is 30.3 Å². The average molecular weight is 436 g/mol. The van der Waals surface area contributed by atoms with E-state index < -0.39 is 0 Å². The molecule has 1 N–H and O–H groups in total. The molecule has 0 aromatic heterocycles. The largest absolute Gasteiger partial charge is 0.374 e. The highest BCUT2D eigenvalue weighted by Gasteiger charge is 2.21. The molecule has 24 heavy (non-hydrogen) atoms. The molecule has 0 aliphatic carbocycles. The smallest absolute Gasteiger partial charge is 0.251 e. The quantitative estimate of drug-likeness (QED) is 0.734. The zero-order valence-electron chi connectivity index (χ0n) is 13.5. The number of halogens is 1. The Kier molecular flexibility index (Phi) is 6.23. The van der Waals surface area contributed by atoms with Crippen LogP contribution < -0.4 is 5.32 Å². The van der Waals surface area contributed by atoms with Gasteiger partial charge < -0.3 is 10.1 Å². The second kappa shape index (κ2) is 8.60. The molecule has 5 heteroatoms. The van der Waals surface area contributed by atoms with Crippen molar-refractivity contribution in [2.45, 2.75) is 12.6 Å². The lowest BCUT2D eigenvalue weighted by atomic mass is 10.2. The maximum Gasteiger partial charge on any atom is 0.251 e. The lowest BCUT2D eigenvalue weighted by Crippen LogP contribution is -2.47. The van der Waals surface area contributed by atoms with E-state index in [1.165, 1.54) is 5.56 Å². The van der Waals surface area contributed by atoms with Crippen LogP contribution in [-0.4, -0.2) is 43.2 Å². The van der Waals surface area contributed by atoms with Crippen molar-refractivity contribution in [3.63, 3.8) is 0 Å². The van der Waals surface area contributed by atoms with Gasteiger partial charge in [-0.2, -0.15) is 0 Å². The molecule has 0 spiro atoms. The molecule has 1 atom stereocenters. The third kappa shape index (κ3) is 5.03. The number of amides is 1. The number of benzene rings is 2. The van der Waals surface area contributed by atoms with Gasteiger partial charge in [0.2, 0.25) is 0 Å². The zero-order valence-corrected chi connectivity index (χ0v) is 15.6. The average Bonchev–Trinajstić information content (AvgIpc) is 2.61. The van der Waals surface area contributed by atoms with Gasteiger partial charge >= 0.3 is 0 Å². The molecule has 2 aromatic rings. The Morgan fingerprint density at radius 1 is 1.21 bits per heavy atom. The van der Waals surface area contributed by atoms with E-state index in [9.17, 15) is 4.79 Å². The molecule has 4 nitrogen and oxygen atoms in total. The summed E-state index contributed by atoms with van der Waals surface area (Å²) >= 11 is 2.21. The van der Waals surface area contributed by atoms with Crippen molar-refractivity contribution in [2.24, 2.45) is 0 Å². The zero-order chi connectivity index (χ0) is 16.8. The van der Waals surface area contributed by atoms with E-state index in [2.05, 4.69) is 57.1 Å². The third-order valence-electron chi connectivity index (χ3n) is 4.05. The van der Waals surface area contributed by atoms with Crippen LogP contribution in [0.4, 0.5) is 0 Å². The number of ether oxygens (including phenoxy) is 1. The Bertz CT molecular complexity index is 678. The van der Waals surface area contributed by atoms with Crippen LogP contribution >= 0.6 is 22.6 Å². The van der Waals surface area contributed by atoms with Crippen LogP contribution in [0, 0.1) is 3.57 Å². The molecule has 1 saturated heterocycles. The van der Waals surface area contributed by atoms with Gasteiger partial charge in [0, 0.05) is 35.3 Å². The monoisotopic (exact) mass is 436 g/mol. The van der Waals surface area contributed by atoms with Crippen molar-refractivity contribution in [3.05, 3.63) is 69.3 Å². The normalized spacial score (nSPS) is 18.3. The van der Waals surface area contributed by atoms with Gasteiger partial charge in [-0.1, -0.05) is 36.4 Å². The van der Waals surface area contributed by atoms with Crippen molar-refractivity contribution >= 4 is 28.5 Å². The molecular formula is C19H21IN2O2. The molecule has 126 valence electrons. The molecular weight excluding hydrogens is 415 g/mol. The second-order valence-corrected chi connectivity index (χ2v) is 7.18. The highest BCUT2D eigenvalue weighted by molar-refractivity contribution is 14.1. The maximum atomic E-state index is 12.2. The first-order chi connectivity index (χ1) is 11.7. The molecule has 0 radical (unpaired) electrons. The summed E-state index contributed by atoms with van der Waals surface area (Å²) in [4.78, 5) is 14.6. The van der Waals surface area contributed by atoms with Gasteiger partial charge in [-0.05, 0) is 46.4 Å². The third-order valence-corrected chi connectivity index (χ3v) is 4.72. The molecule has 3 rings (SSSR count). The molecule has 1 heterocycles. The van der Waals surface area contributed by atoms with Gasteiger partial charge in [0.25, 0.3) is 5.91 Å². The molecule has 1 fully saturated rings. The fraction of sp³-hybridized carbons (Fsp3) is 0.316. The summed E-state index contributed by atoms with van der Waals surface area (Å²) in [5.74, 6) is -0.0442. The molecule has 2 aromatic carbocycles. The molecule has 0 saturated carbocycles. The van der Waals surface area contributed by atoms with Crippen LogP contribution in [0.15, 0.2) is 54.6 Å². The van der Waals surface area contributed by atoms with Gasteiger partial charge in [-0.15, -0.1) is 0 Å². The minimum atomic E-state index is -0.0442. The molecule has 1 amide bonds. The highest BCUT2D eigenvalue weighted by Crippen LogP contribution is 2.11. The van der Waals surface area contributed by atoms with Crippen molar-refractivity contribution < 1.29 is 9.53 Å². The first-order valence-electron chi connectivity index (χ1n) is 8.12. The first kappa shape index (κ1) is 17.4. The van der Waals surface area contributed by atoms with Crippen molar-refractivity contribution in [1.82, 2.24) is 10.2 Å². The van der Waals surface area contributed by atoms with Crippen LogP contribution in [0.3, 0.4) is 0 Å². The molecule has 1 aliphatic rings. The lowest BCUT2D eigenvalue weighted by molar-refractivity contribution is -0.0292. The summed E-state index contributed by atoms with van der Waals surface area (Å²) in [6, 6.07) is 18.0. The number of nitrogens with zero attached hydrogens (tertiary/aromatic N) is 1. The lowest BCUT2D eigenvalue weighted by Gasteiger charge is -2.33. The minimum Gasteiger partial charge on any atom is -0.374 e. The van der Waals surface area contributed by atoms with E-state index in [4.69, 9.17) is 4.74 Å².